The number of nitrogens with zero attached hydrogens (tertiary/aromatic N) is 3. The summed E-state index contributed by atoms with van der Waals surface area (Å²) in [6.45, 7) is 0. The van der Waals surface area contributed by atoms with Crippen LogP contribution >= 0.6 is 0 Å². The van der Waals surface area contributed by atoms with Crippen molar-refractivity contribution in [2.45, 2.75) is 0 Å². The van der Waals surface area contributed by atoms with Crippen molar-refractivity contribution < 1.29 is 4.74 Å². The Labute approximate surface area is 86.3 Å². The van der Waals surface area contributed by atoms with Crippen molar-refractivity contribution in [3.05, 3.63) is 30.1 Å². The number of ether oxygens (including phenoxy) is 1. The average Bonchev–Trinajstić information content (AvgIpc) is 2.81. The molecule has 0 aliphatic carbocycles. The van der Waals surface area contributed by atoms with Gasteiger partial charge in [-0.2, -0.15) is 10.4 Å². The van der Waals surface area contributed by atoms with E-state index in [9.17, 15) is 0 Å². The second-order valence-corrected chi connectivity index (χ2v) is 2.82. The molecule has 0 radical (unpaired) electrons. The zero-order valence-corrected chi connectivity index (χ0v) is 8.06. The van der Waals surface area contributed by atoms with Crippen molar-refractivity contribution in [1.29, 1.82) is 5.26 Å². The van der Waals surface area contributed by atoms with E-state index in [1.165, 1.54) is 13.4 Å². The lowest BCUT2D eigenvalue weighted by Crippen LogP contribution is -1.92. The highest BCUT2D eigenvalue weighted by Crippen LogP contribution is 2.27. The van der Waals surface area contributed by atoms with Crippen molar-refractivity contribution in [3.8, 4) is 23.2 Å². The summed E-state index contributed by atoms with van der Waals surface area (Å²) in [5.41, 5.74) is 1.11. The van der Waals surface area contributed by atoms with Crippen LogP contribution in [0.2, 0.25) is 0 Å². The van der Waals surface area contributed by atoms with E-state index in [1.807, 2.05) is 0 Å². The van der Waals surface area contributed by atoms with Crippen LogP contribution in [0, 0.1) is 11.3 Å². The maximum absolute atomic E-state index is 9.03. The van der Waals surface area contributed by atoms with Crippen molar-refractivity contribution in [1.82, 2.24) is 15.2 Å². The van der Waals surface area contributed by atoms with Gasteiger partial charge in [0, 0.05) is 5.56 Å². The SMILES string of the molecule is COc1cccc(-c2nc[nH]n2)c1C#N. The van der Waals surface area contributed by atoms with Crippen LogP contribution in [-0.2, 0) is 0 Å². The van der Waals surface area contributed by atoms with Gasteiger partial charge in [0.05, 0.1) is 7.11 Å². The summed E-state index contributed by atoms with van der Waals surface area (Å²) >= 11 is 0. The molecule has 0 aliphatic heterocycles. The first-order valence-corrected chi connectivity index (χ1v) is 4.30. The molecule has 0 fully saturated rings. The van der Waals surface area contributed by atoms with Crippen LogP contribution in [0.15, 0.2) is 24.5 Å². The van der Waals surface area contributed by atoms with Gasteiger partial charge in [-0.3, -0.25) is 5.10 Å². The lowest BCUT2D eigenvalue weighted by Gasteiger charge is -2.04. The van der Waals surface area contributed by atoms with Gasteiger partial charge in [0.25, 0.3) is 0 Å². The number of rotatable bonds is 2. The van der Waals surface area contributed by atoms with E-state index in [0.29, 0.717) is 22.7 Å². The third kappa shape index (κ3) is 1.53. The fourth-order valence-electron chi connectivity index (χ4n) is 1.34. The number of nitrogens with one attached hydrogen (secondary N) is 1. The smallest absolute Gasteiger partial charge is 0.182 e. The molecule has 0 spiro atoms. The summed E-state index contributed by atoms with van der Waals surface area (Å²) in [5.74, 6) is 1.02. The molecule has 0 unspecified atom stereocenters. The second kappa shape index (κ2) is 3.80. The highest BCUT2D eigenvalue weighted by Gasteiger charge is 2.12. The first-order valence-electron chi connectivity index (χ1n) is 4.30. The van der Waals surface area contributed by atoms with Crippen LogP contribution in [0.3, 0.4) is 0 Å². The number of aromatic nitrogens is 3. The maximum Gasteiger partial charge on any atom is 0.182 e. The quantitative estimate of drug-likeness (QED) is 0.794. The lowest BCUT2D eigenvalue weighted by atomic mass is 10.1. The van der Waals surface area contributed by atoms with Gasteiger partial charge in [-0.1, -0.05) is 6.07 Å². The van der Waals surface area contributed by atoms with Gasteiger partial charge >= 0.3 is 0 Å². The molecule has 1 aromatic heterocycles. The molecule has 0 saturated carbocycles. The minimum atomic E-state index is 0.444. The highest BCUT2D eigenvalue weighted by atomic mass is 16.5. The fourth-order valence-corrected chi connectivity index (χ4v) is 1.34. The first-order chi connectivity index (χ1) is 7.36. The lowest BCUT2D eigenvalue weighted by molar-refractivity contribution is 0.413. The van der Waals surface area contributed by atoms with E-state index in [1.54, 1.807) is 18.2 Å². The van der Waals surface area contributed by atoms with Crippen LogP contribution in [-0.4, -0.2) is 22.3 Å². The predicted molar refractivity (Wildman–Crippen MR) is 53.1 cm³/mol. The van der Waals surface area contributed by atoms with Gasteiger partial charge in [-0.25, -0.2) is 4.98 Å². The molecule has 2 rings (SSSR count). The molecule has 0 atom stereocenters. The zero-order valence-electron chi connectivity index (χ0n) is 8.06. The number of hydrogen-bond acceptors (Lipinski definition) is 4. The van der Waals surface area contributed by atoms with Crippen LogP contribution in [0.5, 0.6) is 5.75 Å². The minimum Gasteiger partial charge on any atom is -0.495 e. The molecule has 5 nitrogen and oxygen atoms in total. The molecule has 5 heteroatoms. The number of benzene rings is 1. The Hall–Kier alpha value is -2.35. The fraction of sp³-hybridized carbons (Fsp3) is 0.100. The molecule has 1 aromatic carbocycles. The Bertz CT molecular complexity index is 499. The van der Waals surface area contributed by atoms with Crippen LogP contribution in [0.25, 0.3) is 11.4 Å². The molecule has 0 bridgehead atoms. The van der Waals surface area contributed by atoms with Gasteiger partial charge in [0.1, 0.15) is 23.7 Å². The molecule has 1 N–H and O–H groups in total. The number of methoxy groups -OCH3 is 1. The summed E-state index contributed by atoms with van der Waals surface area (Å²) in [7, 11) is 1.53. The molecular formula is C10H8N4O. The van der Waals surface area contributed by atoms with Gasteiger partial charge in [-0.15, -0.1) is 0 Å². The van der Waals surface area contributed by atoms with E-state index in [4.69, 9.17) is 10.00 Å². The Kier molecular flexibility index (Phi) is 2.33. The van der Waals surface area contributed by atoms with E-state index in [0.717, 1.165) is 0 Å². The summed E-state index contributed by atoms with van der Waals surface area (Å²) in [4.78, 5) is 4.00. The van der Waals surface area contributed by atoms with Gasteiger partial charge in [-0.05, 0) is 12.1 Å². The first kappa shape index (κ1) is 9.21. The Morgan fingerprint density at radius 3 is 2.93 bits per heavy atom. The second-order valence-electron chi connectivity index (χ2n) is 2.82. The highest BCUT2D eigenvalue weighted by molar-refractivity contribution is 5.68. The largest absolute Gasteiger partial charge is 0.495 e. The Balaban J connectivity index is 2.63. The van der Waals surface area contributed by atoms with Crippen LogP contribution < -0.4 is 4.74 Å². The molecule has 0 saturated heterocycles. The molecule has 74 valence electrons. The molecule has 0 amide bonds. The third-order valence-electron chi connectivity index (χ3n) is 2.01. The molecule has 1 heterocycles. The van der Waals surface area contributed by atoms with Crippen molar-refractivity contribution in [2.75, 3.05) is 7.11 Å². The van der Waals surface area contributed by atoms with E-state index in [-0.39, 0.29) is 0 Å². The van der Waals surface area contributed by atoms with Gasteiger partial charge in [0.15, 0.2) is 5.82 Å². The Morgan fingerprint density at radius 1 is 1.47 bits per heavy atom. The summed E-state index contributed by atoms with van der Waals surface area (Å²) < 4.78 is 5.09. The minimum absolute atomic E-state index is 0.444. The average molecular weight is 200 g/mol. The van der Waals surface area contributed by atoms with E-state index < -0.39 is 0 Å². The van der Waals surface area contributed by atoms with E-state index in [2.05, 4.69) is 21.3 Å². The van der Waals surface area contributed by atoms with Gasteiger partial charge in [0.2, 0.25) is 0 Å². The predicted octanol–water partition coefficient (Wildman–Crippen LogP) is 1.35. The molecular weight excluding hydrogens is 192 g/mol. The number of nitriles is 1. The zero-order chi connectivity index (χ0) is 10.7. The molecule has 0 aliphatic rings. The molecule has 2 aromatic rings. The summed E-state index contributed by atoms with van der Waals surface area (Å²) in [5, 5.41) is 15.6. The normalized spacial score (nSPS) is 9.60. The molecule has 15 heavy (non-hydrogen) atoms. The van der Waals surface area contributed by atoms with Crippen molar-refractivity contribution in [3.63, 3.8) is 0 Å². The van der Waals surface area contributed by atoms with Crippen LogP contribution in [0.4, 0.5) is 0 Å². The standard InChI is InChI=1S/C10H8N4O/c1-15-9-4-2-3-7(8(9)5-11)10-12-6-13-14-10/h2-4,6H,1H3,(H,12,13,14). The monoisotopic (exact) mass is 200 g/mol. The number of hydrogen-bond donors (Lipinski definition) is 1. The van der Waals surface area contributed by atoms with Crippen molar-refractivity contribution >= 4 is 0 Å². The summed E-state index contributed by atoms with van der Waals surface area (Å²) in [6.07, 6.45) is 1.47. The summed E-state index contributed by atoms with van der Waals surface area (Å²) in [6, 6.07) is 7.39. The topological polar surface area (TPSA) is 74.6 Å². The van der Waals surface area contributed by atoms with Crippen molar-refractivity contribution in [2.24, 2.45) is 0 Å². The number of aromatic amines is 1. The van der Waals surface area contributed by atoms with Crippen LogP contribution in [0.1, 0.15) is 5.56 Å². The maximum atomic E-state index is 9.03. The Morgan fingerprint density at radius 2 is 2.33 bits per heavy atom. The van der Waals surface area contributed by atoms with Gasteiger partial charge < -0.3 is 4.74 Å². The number of H-pyrrole nitrogens is 1. The third-order valence-corrected chi connectivity index (χ3v) is 2.01. The van der Waals surface area contributed by atoms with E-state index >= 15 is 0 Å².